The van der Waals surface area contributed by atoms with Gasteiger partial charge in [0.15, 0.2) is 0 Å². The molecular weight excluding hydrogens is 212 g/mol. The number of Topliss-reactive ketones (excluding diaryl/α,β-unsaturated/α-hetero) is 1. The molecule has 17 heavy (non-hydrogen) atoms. The molecule has 1 atom stereocenters. The molecule has 94 valence electrons. The van der Waals surface area contributed by atoms with Crippen LogP contribution in [-0.2, 0) is 24.7 Å². The number of rotatable bonds is 3. The molecule has 0 spiro atoms. The van der Waals surface area contributed by atoms with Crippen LogP contribution in [0.1, 0.15) is 50.4 Å². The molecule has 1 fully saturated rings. The first-order valence-electron chi connectivity index (χ1n) is 6.72. The summed E-state index contributed by atoms with van der Waals surface area (Å²) >= 11 is 0. The number of aryl methyl sites for hydroxylation is 2. The molecule has 1 aromatic heterocycles. The fourth-order valence-corrected chi connectivity index (χ4v) is 2.69. The molecular formula is C14H22N2O. The minimum absolute atomic E-state index is 0.449. The van der Waals surface area contributed by atoms with Crippen LogP contribution in [0, 0.1) is 5.92 Å². The monoisotopic (exact) mass is 234 g/mol. The first-order valence-corrected chi connectivity index (χ1v) is 6.72. The maximum absolute atomic E-state index is 11.6. The van der Waals surface area contributed by atoms with Crippen LogP contribution in [0.2, 0.25) is 0 Å². The molecule has 0 N–H and O–H groups in total. The lowest BCUT2D eigenvalue weighted by atomic mass is 9.94. The molecule has 1 aliphatic carbocycles. The highest BCUT2D eigenvalue weighted by Crippen LogP contribution is 2.24. The largest absolute Gasteiger partial charge is 0.300 e. The molecule has 1 aromatic rings. The molecule has 1 saturated carbocycles. The number of hydrogen-bond donors (Lipinski definition) is 0. The van der Waals surface area contributed by atoms with E-state index < -0.39 is 0 Å². The predicted octanol–water partition coefficient (Wildman–Crippen LogP) is 2.67. The van der Waals surface area contributed by atoms with Crippen molar-refractivity contribution in [1.29, 1.82) is 0 Å². The number of carbonyl (C=O) groups excluding carboxylic acids is 1. The van der Waals surface area contributed by atoms with Crippen molar-refractivity contribution >= 4 is 5.78 Å². The number of nitrogens with zero attached hydrogens (tertiary/aromatic N) is 2. The van der Waals surface area contributed by atoms with Gasteiger partial charge in [0.1, 0.15) is 5.78 Å². The van der Waals surface area contributed by atoms with E-state index >= 15 is 0 Å². The Hall–Kier alpha value is -1.12. The molecule has 0 aliphatic heterocycles. The van der Waals surface area contributed by atoms with Gasteiger partial charge in [0.25, 0.3) is 0 Å². The first kappa shape index (κ1) is 12.3. The highest BCUT2D eigenvalue weighted by Gasteiger charge is 2.19. The van der Waals surface area contributed by atoms with E-state index in [0.717, 1.165) is 37.8 Å². The second kappa shape index (κ2) is 5.48. The molecule has 0 radical (unpaired) electrons. The molecule has 0 amide bonds. The number of ketones is 1. The van der Waals surface area contributed by atoms with Gasteiger partial charge in [0, 0.05) is 25.6 Å². The summed E-state index contributed by atoms with van der Waals surface area (Å²) in [6.45, 7) is 2.13. The van der Waals surface area contributed by atoms with E-state index in [4.69, 9.17) is 0 Å². The summed E-state index contributed by atoms with van der Waals surface area (Å²) in [5.41, 5.74) is 2.43. The van der Waals surface area contributed by atoms with Crippen molar-refractivity contribution in [2.45, 2.75) is 51.9 Å². The zero-order valence-electron chi connectivity index (χ0n) is 10.9. The minimum atomic E-state index is 0.449. The van der Waals surface area contributed by atoms with Gasteiger partial charge in [-0.2, -0.15) is 5.10 Å². The van der Waals surface area contributed by atoms with Crippen LogP contribution >= 0.6 is 0 Å². The normalized spacial score (nSPS) is 21.5. The lowest BCUT2D eigenvalue weighted by Gasteiger charge is -2.12. The topological polar surface area (TPSA) is 34.9 Å². The number of aromatic nitrogens is 2. The second-order valence-corrected chi connectivity index (χ2v) is 5.16. The van der Waals surface area contributed by atoms with Gasteiger partial charge in [-0.25, -0.2) is 0 Å². The van der Waals surface area contributed by atoms with Crippen LogP contribution in [-0.4, -0.2) is 15.6 Å². The molecule has 3 heteroatoms. The van der Waals surface area contributed by atoms with E-state index in [-0.39, 0.29) is 0 Å². The van der Waals surface area contributed by atoms with Crippen molar-refractivity contribution in [1.82, 2.24) is 9.78 Å². The third-order valence-corrected chi connectivity index (χ3v) is 3.72. The average molecular weight is 234 g/mol. The van der Waals surface area contributed by atoms with Gasteiger partial charge in [0.05, 0.1) is 5.69 Å². The van der Waals surface area contributed by atoms with Crippen LogP contribution in [0.5, 0.6) is 0 Å². The van der Waals surface area contributed by atoms with Gasteiger partial charge in [0.2, 0.25) is 0 Å². The van der Waals surface area contributed by atoms with E-state index in [1.807, 2.05) is 11.7 Å². The van der Waals surface area contributed by atoms with Gasteiger partial charge in [-0.15, -0.1) is 0 Å². The number of hydrogen-bond acceptors (Lipinski definition) is 2. The summed E-state index contributed by atoms with van der Waals surface area (Å²) < 4.78 is 1.98. The van der Waals surface area contributed by atoms with Crippen molar-refractivity contribution < 1.29 is 4.79 Å². The maximum atomic E-state index is 11.6. The maximum Gasteiger partial charge on any atom is 0.133 e. The zero-order valence-corrected chi connectivity index (χ0v) is 10.9. The van der Waals surface area contributed by atoms with Crippen molar-refractivity contribution in [3.8, 4) is 0 Å². The quantitative estimate of drug-likeness (QED) is 0.754. The van der Waals surface area contributed by atoms with Crippen LogP contribution in [0.15, 0.2) is 6.07 Å². The smallest absolute Gasteiger partial charge is 0.133 e. The Morgan fingerprint density at radius 1 is 1.47 bits per heavy atom. The standard InChI is InChI=1S/C14H22N2O/c1-3-12-10-13(16(2)15-12)8-11-6-4-5-7-14(17)9-11/h10-11H,3-9H2,1-2H3. The Balaban J connectivity index is 2.03. The molecule has 1 unspecified atom stereocenters. The molecule has 1 aliphatic rings. The molecule has 1 heterocycles. The SMILES string of the molecule is CCc1cc(CC2CCCCC(=O)C2)n(C)n1. The van der Waals surface area contributed by atoms with Crippen molar-refractivity contribution in [3.63, 3.8) is 0 Å². The summed E-state index contributed by atoms with van der Waals surface area (Å²) in [5.74, 6) is 0.982. The van der Waals surface area contributed by atoms with Gasteiger partial charge >= 0.3 is 0 Å². The third-order valence-electron chi connectivity index (χ3n) is 3.72. The zero-order chi connectivity index (χ0) is 12.3. The molecule has 0 saturated heterocycles. The molecule has 0 aromatic carbocycles. The van der Waals surface area contributed by atoms with Crippen LogP contribution in [0.4, 0.5) is 0 Å². The van der Waals surface area contributed by atoms with Crippen LogP contribution in [0.3, 0.4) is 0 Å². The lowest BCUT2D eigenvalue weighted by Crippen LogP contribution is -2.11. The summed E-state index contributed by atoms with van der Waals surface area (Å²) in [6.07, 6.45) is 7.04. The van der Waals surface area contributed by atoms with Crippen LogP contribution in [0.25, 0.3) is 0 Å². The van der Waals surface area contributed by atoms with Gasteiger partial charge in [-0.1, -0.05) is 13.3 Å². The molecule has 2 rings (SSSR count). The summed E-state index contributed by atoms with van der Waals surface area (Å²) in [6, 6.07) is 2.19. The minimum Gasteiger partial charge on any atom is -0.300 e. The average Bonchev–Trinajstić information content (AvgIpc) is 2.52. The summed E-state index contributed by atoms with van der Waals surface area (Å²) in [5, 5.41) is 4.47. The lowest BCUT2D eigenvalue weighted by molar-refractivity contribution is -0.119. The van der Waals surface area contributed by atoms with Crippen molar-refractivity contribution in [2.75, 3.05) is 0 Å². The van der Waals surface area contributed by atoms with E-state index in [0.29, 0.717) is 11.7 Å². The third kappa shape index (κ3) is 3.18. The van der Waals surface area contributed by atoms with Gasteiger partial charge in [-0.05, 0) is 37.7 Å². The Morgan fingerprint density at radius 3 is 3.00 bits per heavy atom. The molecule has 3 nitrogen and oxygen atoms in total. The summed E-state index contributed by atoms with van der Waals surface area (Å²) in [7, 11) is 2.01. The fraction of sp³-hybridized carbons (Fsp3) is 0.714. The van der Waals surface area contributed by atoms with E-state index in [1.165, 1.54) is 18.5 Å². The molecule has 0 bridgehead atoms. The van der Waals surface area contributed by atoms with Crippen molar-refractivity contribution in [3.05, 3.63) is 17.5 Å². The second-order valence-electron chi connectivity index (χ2n) is 5.16. The van der Waals surface area contributed by atoms with Crippen LogP contribution < -0.4 is 0 Å². The highest BCUT2D eigenvalue weighted by atomic mass is 16.1. The van der Waals surface area contributed by atoms with Crippen molar-refractivity contribution in [2.24, 2.45) is 13.0 Å². The first-order chi connectivity index (χ1) is 8.19. The fourth-order valence-electron chi connectivity index (χ4n) is 2.69. The Morgan fingerprint density at radius 2 is 2.29 bits per heavy atom. The van der Waals surface area contributed by atoms with E-state index in [9.17, 15) is 4.79 Å². The van der Waals surface area contributed by atoms with E-state index in [1.54, 1.807) is 0 Å². The van der Waals surface area contributed by atoms with Gasteiger partial charge in [-0.3, -0.25) is 9.48 Å². The van der Waals surface area contributed by atoms with Gasteiger partial charge < -0.3 is 0 Å². The summed E-state index contributed by atoms with van der Waals surface area (Å²) in [4.78, 5) is 11.6. The number of carbonyl (C=O) groups is 1. The highest BCUT2D eigenvalue weighted by molar-refractivity contribution is 5.78. The Labute approximate surface area is 103 Å². The Kier molecular flexibility index (Phi) is 3.97. The predicted molar refractivity (Wildman–Crippen MR) is 67.9 cm³/mol. The Bertz CT molecular complexity index is 395. The van der Waals surface area contributed by atoms with E-state index in [2.05, 4.69) is 18.1 Å².